The average Bonchev–Trinajstić information content (AvgIpc) is 3.24. The molecule has 114 valence electrons. The van der Waals surface area contributed by atoms with Gasteiger partial charge in [-0.3, -0.25) is 9.59 Å². The fraction of sp³-hybridized carbons (Fsp3) is 0.500. The number of carboxylic acid groups (broad SMARTS) is 1. The Hall–Kier alpha value is -2.04. The summed E-state index contributed by atoms with van der Waals surface area (Å²) in [7, 11) is 0. The number of ether oxygens (including phenoxy) is 1. The van der Waals surface area contributed by atoms with Crippen molar-refractivity contribution in [2.45, 2.75) is 26.7 Å². The van der Waals surface area contributed by atoms with Crippen molar-refractivity contribution in [3.05, 3.63) is 29.8 Å². The Kier molecular flexibility index (Phi) is 4.50. The fourth-order valence-electron chi connectivity index (χ4n) is 1.93. The van der Waals surface area contributed by atoms with Gasteiger partial charge in [-0.1, -0.05) is 13.8 Å². The number of aliphatic carboxylic acids is 1. The molecule has 1 saturated carbocycles. The highest BCUT2D eigenvalue weighted by Crippen LogP contribution is 2.45. The van der Waals surface area contributed by atoms with E-state index in [4.69, 9.17) is 9.84 Å². The van der Waals surface area contributed by atoms with Gasteiger partial charge in [0.2, 0.25) is 0 Å². The zero-order chi connectivity index (χ0) is 15.5. The lowest BCUT2D eigenvalue weighted by Crippen LogP contribution is -2.34. The molecule has 0 saturated heterocycles. The molecule has 0 bridgehead atoms. The van der Waals surface area contributed by atoms with E-state index in [2.05, 4.69) is 19.2 Å². The van der Waals surface area contributed by atoms with E-state index >= 15 is 0 Å². The van der Waals surface area contributed by atoms with Crippen LogP contribution < -0.4 is 10.1 Å². The Balaban J connectivity index is 1.87. The maximum Gasteiger partial charge on any atom is 0.311 e. The van der Waals surface area contributed by atoms with Crippen molar-refractivity contribution in [1.82, 2.24) is 5.32 Å². The molecule has 2 N–H and O–H groups in total. The molecule has 0 unspecified atom stereocenters. The molecule has 0 radical (unpaired) electrons. The second kappa shape index (κ2) is 6.16. The Labute approximate surface area is 124 Å². The summed E-state index contributed by atoms with van der Waals surface area (Å²) in [6, 6.07) is 6.87. The van der Waals surface area contributed by atoms with E-state index in [0.717, 1.165) is 5.75 Å². The van der Waals surface area contributed by atoms with Gasteiger partial charge in [0.1, 0.15) is 5.75 Å². The first-order chi connectivity index (χ1) is 9.93. The van der Waals surface area contributed by atoms with Crippen LogP contribution in [-0.2, 0) is 4.79 Å². The van der Waals surface area contributed by atoms with Gasteiger partial charge in [0.15, 0.2) is 0 Å². The normalized spacial score (nSPS) is 15.6. The molecule has 1 fully saturated rings. The SMILES string of the molecule is CC(C)COc1ccc(C(=O)NCC2(C(=O)O)CC2)cc1. The molecule has 0 aromatic heterocycles. The largest absolute Gasteiger partial charge is 0.493 e. The second-order valence-corrected chi connectivity index (χ2v) is 6.00. The van der Waals surface area contributed by atoms with Crippen LogP contribution in [0.4, 0.5) is 0 Å². The monoisotopic (exact) mass is 291 g/mol. The van der Waals surface area contributed by atoms with E-state index in [9.17, 15) is 9.59 Å². The molecule has 0 heterocycles. The average molecular weight is 291 g/mol. The van der Waals surface area contributed by atoms with Crippen LogP contribution in [-0.4, -0.2) is 30.1 Å². The lowest BCUT2D eigenvalue weighted by molar-refractivity contribution is -0.143. The van der Waals surface area contributed by atoms with E-state index in [1.807, 2.05) is 0 Å². The maximum atomic E-state index is 12.0. The van der Waals surface area contributed by atoms with E-state index in [0.29, 0.717) is 30.9 Å². The zero-order valence-corrected chi connectivity index (χ0v) is 12.4. The molecule has 21 heavy (non-hydrogen) atoms. The quantitative estimate of drug-likeness (QED) is 0.808. The number of carbonyl (C=O) groups excluding carboxylic acids is 1. The molecule has 0 aliphatic heterocycles. The van der Waals surface area contributed by atoms with Gasteiger partial charge in [0.25, 0.3) is 5.91 Å². The highest BCUT2D eigenvalue weighted by Gasteiger charge is 2.50. The predicted molar refractivity (Wildman–Crippen MR) is 78.4 cm³/mol. The lowest BCUT2D eigenvalue weighted by Gasteiger charge is -2.12. The standard InChI is InChI=1S/C16H21NO4/c1-11(2)9-21-13-5-3-12(4-6-13)14(18)17-10-16(7-8-16)15(19)20/h3-6,11H,7-10H2,1-2H3,(H,17,18)(H,19,20). The smallest absolute Gasteiger partial charge is 0.311 e. The molecule has 1 aromatic carbocycles. The third-order valence-corrected chi connectivity index (χ3v) is 3.59. The lowest BCUT2D eigenvalue weighted by atomic mass is 10.1. The van der Waals surface area contributed by atoms with Crippen molar-refractivity contribution in [1.29, 1.82) is 0 Å². The summed E-state index contributed by atoms with van der Waals surface area (Å²) in [4.78, 5) is 23.0. The Bertz CT molecular complexity index is 518. The summed E-state index contributed by atoms with van der Waals surface area (Å²) in [5.74, 6) is 0.0846. The Morgan fingerprint density at radius 3 is 2.38 bits per heavy atom. The minimum Gasteiger partial charge on any atom is -0.493 e. The summed E-state index contributed by atoms with van der Waals surface area (Å²) < 4.78 is 5.55. The van der Waals surface area contributed by atoms with E-state index in [1.54, 1.807) is 24.3 Å². The molecule has 1 aliphatic carbocycles. The molecule has 1 amide bonds. The number of hydrogen-bond acceptors (Lipinski definition) is 3. The molecule has 1 aliphatic rings. The summed E-state index contributed by atoms with van der Waals surface area (Å²) >= 11 is 0. The van der Waals surface area contributed by atoms with Crippen molar-refractivity contribution in [3.8, 4) is 5.75 Å². The van der Waals surface area contributed by atoms with Gasteiger partial charge >= 0.3 is 5.97 Å². The third kappa shape index (κ3) is 3.97. The van der Waals surface area contributed by atoms with Crippen LogP contribution in [0.3, 0.4) is 0 Å². The summed E-state index contributed by atoms with van der Waals surface area (Å²) in [5, 5.41) is 11.8. The van der Waals surface area contributed by atoms with Crippen LogP contribution in [0.25, 0.3) is 0 Å². The topological polar surface area (TPSA) is 75.6 Å². The number of benzene rings is 1. The minimum absolute atomic E-state index is 0.187. The first-order valence-electron chi connectivity index (χ1n) is 7.17. The third-order valence-electron chi connectivity index (χ3n) is 3.59. The molecular formula is C16H21NO4. The minimum atomic E-state index is -0.833. The Morgan fingerprint density at radius 1 is 1.29 bits per heavy atom. The Morgan fingerprint density at radius 2 is 1.90 bits per heavy atom. The maximum absolute atomic E-state index is 12.0. The summed E-state index contributed by atoms with van der Waals surface area (Å²) in [5.41, 5.74) is -0.233. The van der Waals surface area contributed by atoms with Gasteiger partial charge in [-0.2, -0.15) is 0 Å². The van der Waals surface area contributed by atoms with E-state index < -0.39 is 11.4 Å². The van der Waals surface area contributed by atoms with Gasteiger partial charge in [0.05, 0.1) is 12.0 Å². The predicted octanol–water partition coefficient (Wildman–Crippen LogP) is 2.32. The first kappa shape index (κ1) is 15.4. The van der Waals surface area contributed by atoms with Gasteiger partial charge in [0, 0.05) is 12.1 Å². The van der Waals surface area contributed by atoms with Crippen LogP contribution >= 0.6 is 0 Å². The van der Waals surface area contributed by atoms with Crippen molar-refractivity contribution in [2.24, 2.45) is 11.3 Å². The first-order valence-corrected chi connectivity index (χ1v) is 7.17. The molecular weight excluding hydrogens is 270 g/mol. The second-order valence-electron chi connectivity index (χ2n) is 6.00. The van der Waals surface area contributed by atoms with Crippen LogP contribution in [0.2, 0.25) is 0 Å². The summed E-state index contributed by atoms with van der Waals surface area (Å²) in [6.45, 7) is 4.95. The zero-order valence-electron chi connectivity index (χ0n) is 12.4. The molecule has 5 nitrogen and oxygen atoms in total. The van der Waals surface area contributed by atoms with Crippen molar-refractivity contribution >= 4 is 11.9 Å². The van der Waals surface area contributed by atoms with Gasteiger partial charge in [-0.05, 0) is 43.0 Å². The molecule has 0 spiro atoms. The van der Waals surface area contributed by atoms with Crippen LogP contribution in [0.1, 0.15) is 37.0 Å². The molecule has 0 atom stereocenters. The van der Waals surface area contributed by atoms with Crippen molar-refractivity contribution in [3.63, 3.8) is 0 Å². The highest BCUT2D eigenvalue weighted by atomic mass is 16.5. The number of carbonyl (C=O) groups is 2. The van der Waals surface area contributed by atoms with Gasteiger partial charge < -0.3 is 15.2 Å². The number of rotatable bonds is 7. The number of carboxylic acids is 1. The summed E-state index contributed by atoms with van der Waals surface area (Å²) in [6.07, 6.45) is 1.26. The van der Waals surface area contributed by atoms with Gasteiger partial charge in [-0.15, -0.1) is 0 Å². The van der Waals surface area contributed by atoms with Crippen LogP contribution in [0.5, 0.6) is 5.75 Å². The highest BCUT2D eigenvalue weighted by molar-refractivity contribution is 5.94. The molecule has 1 aromatic rings. The van der Waals surface area contributed by atoms with Crippen molar-refractivity contribution in [2.75, 3.05) is 13.2 Å². The fourth-order valence-corrected chi connectivity index (χ4v) is 1.93. The number of amides is 1. The molecule has 2 rings (SSSR count). The van der Waals surface area contributed by atoms with E-state index in [-0.39, 0.29) is 12.5 Å². The van der Waals surface area contributed by atoms with Crippen LogP contribution in [0, 0.1) is 11.3 Å². The number of hydrogen-bond donors (Lipinski definition) is 2. The molecule has 5 heteroatoms. The van der Waals surface area contributed by atoms with E-state index in [1.165, 1.54) is 0 Å². The number of nitrogens with one attached hydrogen (secondary N) is 1. The van der Waals surface area contributed by atoms with Gasteiger partial charge in [-0.25, -0.2) is 0 Å². The van der Waals surface area contributed by atoms with Crippen molar-refractivity contribution < 1.29 is 19.4 Å². The van der Waals surface area contributed by atoms with Crippen LogP contribution in [0.15, 0.2) is 24.3 Å².